The van der Waals surface area contributed by atoms with Crippen molar-refractivity contribution in [3.63, 3.8) is 0 Å². The SMILES string of the molecule is CCCCCCCCCCCCCCCCCCCCCC(=O)OC[C@H](COP(=O)(O)OC[C@@H](O)COP(=O)(O)OC[C@@H](COC(=O)CCCCCCCCCC(C)C)OC(=O)CCCCCCCCCCC(C)CC)OC(=O)CCCCCCCCCCCCCCCCCCCCC. The summed E-state index contributed by atoms with van der Waals surface area (Å²) in [5, 5.41) is 10.6. The number of esters is 4. The van der Waals surface area contributed by atoms with E-state index in [-0.39, 0.29) is 25.7 Å². The Hall–Kier alpha value is -1.94. The number of ether oxygens (including phenoxy) is 4. The molecule has 0 radical (unpaired) electrons. The van der Waals surface area contributed by atoms with Crippen molar-refractivity contribution < 1.29 is 80.2 Å². The predicted molar refractivity (Wildman–Crippen MR) is 409 cm³/mol. The molecule has 17 nitrogen and oxygen atoms in total. The van der Waals surface area contributed by atoms with E-state index in [1.54, 1.807) is 0 Å². The number of phosphoric acid groups is 2. The second kappa shape index (κ2) is 72.6. The molecule has 0 aromatic carbocycles. The van der Waals surface area contributed by atoms with E-state index in [9.17, 15) is 43.2 Å². The summed E-state index contributed by atoms with van der Waals surface area (Å²) in [5.74, 6) is -0.638. The van der Waals surface area contributed by atoms with Crippen LogP contribution in [-0.4, -0.2) is 96.7 Å². The molecule has 0 bridgehead atoms. The van der Waals surface area contributed by atoms with E-state index in [1.807, 2.05) is 0 Å². The van der Waals surface area contributed by atoms with E-state index < -0.39 is 97.5 Å². The maximum atomic E-state index is 13.1. The predicted octanol–water partition coefficient (Wildman–Crippen LogP) is 24.3. The molecule has 0 saturated heterocycles. The van der Waals surface area contributed by atoms with Gasteiger partial charge in [0.1, 0.15) is 19.3 Å². The van der Waals surface area contributed by atoms with Crippen LogP contribution in [0.1, 0.15) is 427 Å². The summed E-state index contributed by atoms with van der Waals surface area (Å²) < 4.78 is 68.7. The number of rotatable bonds is 80. The van der Waals surface area contributed by atoms with Gasteiger partial charge in [-0.1, -0.05) is 375 Å². The Balaban J connectivity index is 5.22. The van der Waals surface area contributed by atoms with Crippen molar-refractivity contribution in [3.05, 3.63) is 0 Å². The van der Waals surface area contributed by atoms with E-state index in [0.29, 0.717) is 31.6 Å². The zero-order valence-corrected chi connectivity index (χ0v) is 67.3. The molecule has 0 saturated carbocycles. The largest absolute Gasteiger partial charge is 0.472 e. The zero-order chi connectivity index (χ0) is 73.5. The van der Waals surface area contributed by atoms with Crippen molar-refractivity contribution >= 4 is 39.5 Å². The lowest BCUT2D eigenvalue weighted by Crippen LogP contribution is -2.30. The van der Waals surface area contributed by atoms with Crippen LogP contribution in [0.3, 0.4) is 0 Å². The van der Waals surface area contributed by atoms with Crippen LogP contribution in [0.5, 0.6) is 0 Å². The molecule has 6 atom stereocenters. The van der Waals surface area contributed by atoms with Gasteiger partial charge in [0, 0.05) is 25.7 Å². The average Bonchev–Trinajstić information content (AvgIpc) is 0.961. The summed E-state index contributed by atoms with van der Waals surface area (Å²) >= 11 is 0. The molecule has 0 aliphatic rings. The molecule has 0 heterocycles. The highest BCUT2D eigenvalue weighted by Gasteiger charge is 2.30. The minimum absolute atomic E-state index is 0.105. The third kappa shape index (κ3) is 73.0. The second-order valence-electron chi connectivity index (χ2n) is 29.9. The summed E-state index contributed by atoms with van der Waals surface area (Å²) in [5.41, 5.74) is 0. The highest BCUT2D eigenvalue weighted by Crippen LogP contribution is 2.45. The molecular weight excluding hydrogens is 1310 g/mol. The van der Waals surface area contributed by atoms with Crippen molar-refractivity contribution in [3.8, 4) is 0 Å². The van der Waals surface area contributed by atoms with Gasteiger partial charge in [0.25, 0.3) is 0 Å². The zero-order valence-electron chi connectivity index (χ0n) is 65.5. The lowest BCUT2D eigenvalue weighted by atomic mass is 9.99. The summed E-state index contributed by atoms with van der Waals surface area (Å²) in [6, 6.07) is 0. The minimum atomic E-state index is -4.96. The van der Waals surface area contributed by atoms with Gasteiger partial charge in [-0.05, 0) is 37.5 Å². The van der Waals surface area contributed by atoms with Gasteiger partial charge in [-0.3, -0.25) is 37.3 Å². The molecule has 100 heavy (non-hydrogen) atoms. The molecule has 0 aromatic rings. The molecule has 0 rings (SSSR count). The molecular formula is C81H158O17P2. The van der Waals surface area contributed by atoms with E-state index in [0.717, 1.165) is 102 Å². The number of aliphatic hydroxyl groups excluding tert-OH is 1. The van der Waals surface area contributed by atoms with Gasteiger partial charge in [-0.15, -0.1) is 0 Å². The lowest BCUT2D eigenvalue weighted by Gasteiger charge is -2.21. The number of aliphatic hydroxyl groups is 1. The van der Waals surface area contributed by atoms with Crippen LogP contribution in [0.4, 0.5) is 0 Å². The average molecular weight is 1470 g/mol. The van der Waals surface area contributed by atoms with E-state index in [1.165, 1.54) is 238 Å². The Kier molecular flexibility index (Phi) is 71.2. The van der Waals surface area contributed by atoms with Gasteiger partial charge < -0.3 is 33.8 Å². The summed E-state index contributed by atoms with van der Waals surface area (Å²) in [7, 11) is -9.92. The third-order valence-electron chi connectivity index (χ3n) is 19.3. The van der Waals surface area contributed by atoms with E-state index >= 15 is 0 Å². The fraction of sp³-hybridized carbons (Fsp3) is 0.951. The molecule has 0 aliphatic heterocycles. The Morgan fingerprint density at radius 3 is 0.760 bits per heavy atom. The Morgan fingerprint density at radius 2 is 0.510 bits per heavy atom. The molecule has 594 valence electrons. The molecule has 3 N–H and O–H groups in total. The molecule has 19 heteroatoms. The van der Waals surface area contributed by atoms with Crippen LogP contribution >= 0.6 is 15.6 Å². The van der Waals surface area contributed by atoms with Crippen LogP contribution in [0.2, 0.25) is 0 Å². The molecule has 0 spiro atoms. The van der Waals surface area contributed by atoms with Gasteiger partial charge in [0.2, 0.25) is 0 Å². The smallest absolute Gasteiger partial charge is 0.462 e. The van der Waals surface area contributed by atoms with Gasteiger partial charge in [0.15, 0.2) is 12.2 Å². The number of phosphoric ester groups is 2. The first-order valence-electron chi connectivity index (χ1n) is 42.0. The normalized spacial score (nSPS) is 14.2. The fourth-order valence-corrected chi connectivity index (χ4v) is 14.1. The fourth-order valence-electron chi connectivity index (χ4n) is 12.5. The molecule has 0 aliphatic carbocycles. The highest BCUT2D eigenvalue weighted by molar-refractivity contribution is 7.47. The highest BCUT2D eigenvalue weighted by atomic mass is 31.2. The van der Waals surface area contributed by atoms with Crippen molar-refractivity contribution in [2.75, 3.05) is 39.6 Å². The number of carbonyl (C=O) groups excluding carboxylic acids is 4. The molecule has 3 unspecified atom stereocenters. The number of hydrogen-bond acceptors (Lipinski definition) is 15. The molecule has 0 amide bonds. The summed E-state index contributed by atoms with van der Waals surface area (Å²) in [6.07, 6.45) is 62.6. The number of carbonyl (C=O) groups is 4. The van der Waals surface area contributed by atoms with Crippen LogP contribution in [-0.2, 0) is 65.4 Å². The van der Waals surface area contributed by atoms with Crippen molar-refractivity contribution in [1.82, 2.24) is 0 Å². The van der Waals surface area contributed by atoms with Crippen LogP contribution in [0, 0.1) is 11.8 Å². The maximum Gasteiger partial charge on any atom is 0.472 e. The summed E-state index contributed by atoms with van der Waals surface area (Å²) in [6.45, 7) is 9.57. The minimum Gasteiger partial charge on any atom is -0.462 e. The molecule has 0 aromatic heterocycles. The Morgan fingerprint density at radius 1 is 0.290 bits per heavy atom. The summed E-state index contributed by atoms with van der Waals surface area (Å²) in [4.78, 5) is 73.0. The first-order chi connectivity index (χ1) is 48.4. The first-order valence-corrected chi connectivity index (χ1v) is 45.0. The van der Waals surface area contributed by atoms with Crippen molar-refractivity contribution in [2.45, 2.75) is 445 Å². The van der Waals surface area contributed by atoms with E-state index in [2.05, 4.69) is 41.5 Å². The Labute approximate surface area is 613 Å². The van der Waals surface area contributed by atoms with Crippen LogP contribution in [0.25, 0.3) is 0 Å². The van der Waals surface area contributed by atoms with Gasteiger partial charge in [-0.2, -0.15) is 0 Å². The topological polar surface area (TPSA) is 237 Å². The Bertz CT molecular complexity index is 1930. The first kappa shape index (κ1) is 98.1. The van der Waals surface area contributed by atoms with E-state index in [4.69, 9.17) is 37.0 Å². The maximum absolute atomic E-state index is 13.1. The van der Waals surface area contributed by atoms with Crippen molar-refractivity contribution in [1.29, 1.82) is 0 Å². The van der Waals surface area contributed by atoms with Crippen LogP contribution in [0.15, 0.2) is 0 Å². The quantitative estimate of drug-likeness (QED) is 0.0222. The lowest BCUT2D eigenvalue weighted by molar-refractivity contribution is -0.161. The third-order valence-corrected chi connectivity index (χ3v) is 21.2. The number of unbranched alkanes of at least 4 members (excludes halogenated alkanes) is 49. The van der Waals surface area contributed by atoms with Crippen LogP contribution < -0.4 is 0 Å². The number of hydrogen-bond donors (Lipinski definition) is 3. The van der Waals surface area contributed by atoms with Crippen molar-refractivity contribution in [2.24, 2.45) is 11.8 Å². The second-order valence-corrected chi connectivity index (χ2v) is 32.8. The molecule has 0 fully saturated rings. The van der Waals surface area contributed by atoms with Gasteiger partial charge in [0.05, 0.1) is 26.4 Å². The van der Waals surface area contributed by atoms with Gasteiger partial charge >= 0.3 is 39.5 Å². The van der Waals surface area contributed by atoms with Gasteiger partial charge in [-0.25, -0.2) is 9.13 Å². The monoisotopic (exact) mass is 1470 g/mol. The standard InChI is InChI=1S/C81H158O17P2/c1-7-10-12-14-16-18-20-22-24-26-28-30-32-34-36-38-45-51-57-63-78(83)91-69-76(97-80(85)65-59-53-46-39-37-35-33-31-29-27-25-23-21-19-17-15-13-11-8-2)71-95-99(87,88)93-67-75(82)68-94-100(89,90)96-72-77(70-92-79(84)64-58-52-48-42-43-49-55-61-73(4)5)98-81(86)66-60-54-47-41-40-44-50-56-62-74(6)9-3/h73-77,82H,7-72H2,1-6H3,(H,87,88)(H,89,90)/t74?,75-,76-,77-/m1/s1.